The zero-order valence-electron chi connectivity index (χ0n) is 42.4. The Kier molecular flexibility index (Phi) is 27.1. The fourth-order valence-corrected chi connectivity index (χ4v) is 8.19. The van der Waals surface area contributed by atoms with Gasteiger partial charge in [0.2, 0.25) is 11.8 Å². The first kappa shape index (κ1) is 63.2. The van der Waals surface area contributed by atoms with Gasteiger partial charge in [0.05, 0.1) is 79.3 Å². The number of carbonyl (C=O) groups is 4. The summed E-state index contributed by atoms with van der Waals surface area (Å²) < 4.78 is 61.4. The monoisotopic (exact) mass is 1100 g/mol. The molecule has 3 aliphatic heterocycles. The van der Waals surface area contributed by atoms with Crippen molar-refractivity contribution in [3.63, 3.8) is 0 Å². The summed E-state index contributed by atoms with van der Waals surface area (Å²) in [6.07, 6.45) is -23.3. The molecule has 3 amide bonds. The molecule has 5 rings (SSSR count). The van der Waals surface area contributed by atoms with Crippen LogP contribution in [0.15, 0.2) is 48.5 Å². The number of carboxylic acids is 1. The highest BCUT2D eigenvalue weighted by Gasteiger charge is 2.54. The normalized spacial score (nSPS) is 29.4. The van der Waals surface area contributed by atoms with Crippen LogP contribution in [0, 0.1) is 0 Å². The van der Waals surface area contributed by atoms with Crippen molar-refractivity contribution in [1.29, 1.82) is 0 Å². The average molecular weight is 1100 g/mol. The largest absolute Gasteiger partial charge is 0.483 e. The molecule has 0 aliphatic carbocycles. The predicted octanol–water partition coefficient (Wildman–Crippen LogP) is -4.88. The summed E-state index contributed by atoms with van der Waals surface area (Å²) in [7, 11) is 0. The maximum Gasteiger partial charge on any atom is 0.339 e. The van der Waals surface area contributed by atoms with Crippen LogP contribution in [0.1, 0.15) is 30.1 Å². The molecule has 3 fully saturated rings. The van der Waals surface area contributed by atoms with Crippen LogP contribution in [0.2, 0.25) is 0 Å². The van der Waals surface area contributed by atoms with Crippen LogP contribution in [-0.2, 0) is 61.8 Å². The number of aliphatic hydroxyl groups excluding tert-OH is 9. The van der Waals surface area contributed by atoms with E-state index < -0.39 is 130 Å². The lowest BCUT2D eigenvalue weighted by atomic mass is 9.95. The third kappa shape index (κ3) is 19.3. The second-order valence-corrected chi connectivity index (χ2v) is 17.8. The summed E-state index contributed by atoms with van der Waals surface area (Å²) in [5, 5.41) is 112. The Balaban J connectivity index is 0.890. The van der Waals surface area contributed by atoms with Gasteiger partial charge in [0.25, 0.3) is 5.91 Å². The van der Waals surface area contributed by atoms with E-state index in [-0.39, 0.29) is 96.0 Å². The number of rotatable bonds is 33. The van der Waals surface area contributed by atoms with Gasteiger partial charge in [-0.2, -0.15) is 0 Å². The van der Waals surface area contributed by atoms with Gasteiger partial charge < -0.3 is 119 Å². The summed E-state index contributed by atoms with van der Waals surface area (Å²) in [6.45, 7) is 0.646. The van der Waals surface area contributed by atoms with Gasteiger partial charge in [-0.05, 0) is 29.7 Å². The van der Waals surface area contributed by atoms with Crippen molar-refractivity contribution in [2.24, 2.45) is 0 Å². The van der Waals surface area contributed by atoms with E-state index in [0.717, 1.165) is 12.5 Å². The number of aliphatic hydroxyl groups is 9. The SMILES string of the molecule is CC(=O)N[C@H]1[C@H](OCCCNC(=O)CCOCCOCCOCCOCCNC(=O)COc2ccc(-c3ccccc3)cc2C(=O)O)O[C@H](CO)[C@@H](O[C@@H]2O[C@H](CO)[C@H](O)[C@H](O[C@H]3O[C@H](CO)[C@H](O)[C@H](O)[C@H]3O)[C@H]2O)[C@@H]1O. The van der Waals surface area contributed by atoms with Gasteiger partial charge >= 0.3 is 5.97 Å². The van der Waals surface area contributed by atoms with Gasteiger partial charge in [-0.25, -0.2) is 4.79 Å². The van der Waals surface area contributed by atoms with Crippen molar-refractivity contribution in [1.82, 2.24) is 16.0 Å². The highest BCUT2D eigenvalue weighted by Crippen LogP contribution is 2.33. The topological polar surface area (TPSA) is 408 Å². The van der Waals surface area contributed by atoms with Crippen LogP contribution < -0.4 is 20.7 Å². The molecule has 28 nitrogen and oxygen atoms in total. The average Bonchev–Trinajstić information content (AvgIpc) is 3.42. The first-order valence-electron chi connectivity index (χ1n) is 25.0. The number of hydrogen-bond acceptors (Lipinski definition) is 24. The fourth-order valence-electron chi connectivity index (χ4n) is 8.19. The van der Waals surface area contributed by atoms with Crippen molar-refractivity contribution in [2.75, 3.05) is 99.0 Å². The summed E-state index contributed by atoms with van der Waals surface area (Å²) in [5.74, 6) is -2.46. The van der Waals surface area contributed by atoms with E-state index in [2.05, 4.69) is 16.0 Å². The molecular formula is C49H73N3O25. The fraction of sp³-hybridized carbons (Fsp3) is 0.673. The molecule has 0 aromatic heterocycles. The number of ether oxygens (including phenoxy) is 11. The molecule has 2 aromatic carbocycles. The maximum absolute atomic E-state index is 12.4. The molecule has 0 radical (unpaired) electrons. The van der Waals surface area contributed by atoms with Crippen LogP contribution in [0.5, 0.6) is 5.75 Å². The first-order valence-corrected chi connectivity index (χ1v) is 25.0. The van der Waals surface area contributed by atoms with Crippen molar-refractivity contribution in [3.05, 3.63) is 54.1 Å². The number of carbonyl (C=O) groups excluding carboxylic acids is 3. The molecule has 3 heterocycles. The predicted molar refractivity (Wildman–Crippen MR) is 259 cm³/mol. The number of benzene rings is 2. The zero-order valence-corrected chi connectivity index (χ0v) is 42.4. The molecule has 13 N–H and O–H groups in total. The van der Waals surface area contributed by atoms with Crippen LogP contribution in [0.4, 0.5) is 0 Å². The van der Waals surface area contributed by atoms with Crippen molar-refractivity contribution >= 4 is 23.7 Å². The quantitative estimate of drug-likeness (QED) is 0.0298. The smallest absolute Gasteiger partial charge is 0.339 e. The minimum atomic E-state index is -1.97. The highest BCUT2D eigenvalue weighted by atomic mass is 16.8. The number of hydrogen-bond donors (Lipinski definition) is 13. The van der Waals surface area contributed by atoms with Gasteiger partial charge in [-0.1, -0.05) is 36.4 Å². The second kappa shape index (κ2) is 33.1. The summed E-state index contributed by atoms with van der Waals surface area (Å²) in [4.78, 5) is 48.6. The third-order valence-corrected chi connectivity index (χ3v) is 12.2. The van der Waals surface area contributed by atoms with Crippen LogP contribution in [0.3, 0.4) is 0 Å². The van der Waals surface area contributed by atoms with Gasteiger partial charge in [0.1, 0.15) is 84.5 Å². The van der Waals surface area contributed by atoms with Gasteiger partial charge in [0, 0.05) is 26.4 Å². The minimum absolute atomic E-state index is 0.0525. The molecule has 3 aliphatic rings. The zero-order chi connectivity index (χ0) is 55.9. The van der Waals surface area contributed by atoms with Crippen molar-refractivity contribution < 1.29 is 122 Å². The third-order valence-electron chi connectivity index (χ3n) is 12.2. The molecule has 0 spiro atoms. The van der Waals surface area contributed by atoms with E-state index in [4.69, 9.17) is 52.1 Å². The summed E-state index contributed by atoms with van der Waals surface area (Å²) >= 11 is 0. The standard InChI is InChI=1S/C49H73N3O25/c1-27(56)52-37-40(61)44(76-49-43(64)45(39(60)33(24-54)74-49)77-48-42(63)41(62)38(59)32(23-53)73-48)34(25-55)75-47(37)71-13-5-11-50-35(57)10-14-67-16-18-69-20-21-70-19-17-68-15-12-51-36(58)26-72-31-9-8-29(22-30(31)46(65)66)28-6-3-2-4-7-28/h2-4,6-9,22,32-34,37-45,47-49,53-55,59-64H,5,10-21,23-26H2,1H3,(H,50,57)(H,51,58)(H,52,56)(H,65,66)/t32-,33-,34-,37-,38+,39+,40-,41+,42-,43-,44-,45+,47-,48-,49+/m1/s1. The van der Waals surface area contributed by atoms with Gasteiger partial charge in [-0.3, -0.25) is 14.4 Å². The Morgan fingerprint density at radius 3 is 1.75 bits per heavy atom. The highest BCUT2D eigenvalue weighted by molar-refractivity contribution is 5.93. The number of aromatic carboxylic acids is 1. The molecule has 3 saturated heterocycles. The first-order chi connectivity index (χ1) is 37.1. The lowest BCUT2D eigenvalue weighted by molar-refractivity contribution is -0.376. The van der Waals surface area contributed by atoms with Gasteiger partial charge in [0.15, 0.2) is 25.5 Å². The van der Waals surface area contributed by atoms with E-state index in [1.165, 1.54) is 12.1 Å². The lowest BCUT2D eigenvalue weighted by Gasteiger charge is -2.48. The van der Waals surface area contributed by atoms with Crippen LogP contribution in [0.25, 0.3) is 11.1 Å². The Hall–Kier alpha value is -4.64. The molecule has 28 heteroatoms. The van der Waals surface area contributed by atoms with E-state index in [9.17, 15) is 70.2 Å². The van der Waals surface area contributed by atoms with Crippen LogP contribution in [-0.4, -0.2) is 266 Å². The van der Waals surface area contributed by atoms with E-state index in [1.807, 2.05) is 30.3 Å². The van der Waals surface area contributed by atoms with E-state index in [0.29, 0.717) is 18.8 Å². The minimum Gasteiger partial charge on any atom is -0.483 e. The van der Waals surface area contributed by atoms with E-state index in [1.54, 1.807) is 6.07 Å². The van der Waals surface area contributed by atoms with Crippen molar-refractivity contribution in [2.45, 2.75) is 112 Å². The number of amides is 3. The van der Waals surface area contributed by atoms with Crippen molar-refractivity contribution in [3.8, 4) is 16.9 Å². The molecule has 0 bridgehead atoms. The molecule has 15 atom stereocenters. The lowest BCUT2D eigenvalue weighted by Crippen LogP contribution is -2.68. The Morgan fingerprint density at radius 2 is 1.13 bits per heavy atom. The molecular weight excluding hydrogens is 1030 g/mol. The summed E-state index contributed by atoms with van der Waals surface area (Å²) in [5.41, 5.74) is 1.50. The molecule has 0 saturated carbocycles. The maximum atomic E-state index is 12.4. The van der Waals surface area contributed by atoms with E-state index >= 15 is 0 Å². The summed E-state index contributed by atoms with van der Waals surface area (Å²) in [6, 6.07) is 12.7. The molecule has 0 unspecified atom stereocenters. The Bertz CT molecular complexity index is 2080. The number of nitrogens with one attached hydrogen (secondary N) is 3. The molecule has 434 valence electrons. The van der Waals surface area contributed by atoms with Crippen LogP contribution >= 0.6 is 0 Å². The second-order valence-electron chi connectivity index (χ2n) is 17.8. The molecule has 2 aromatic rings. The molecule has 77 heavy (non-hydrogen) atoms. The Labute approximate surface area is 442 Å². The Morgan fingerprint density at radius 1 is 0.558 bits per heavy atom. The van der Waals surface area contributed by atoms with Gasteiger partial charge in [-0.15, -0.1) is 0 Å². The number of carboxylic acid groups (broad SMARTS) is 1.